The Morgan fingerprint density at radius 1 is 1.20 bits per heavy atom. The van der Waals surface area contributed by atoms with E-state index in [1.807, 2.05) is 17.5 Å². The highest BCUT2D eigenvalue weighted by atomic mass is 127. The zero-order chi connectivity index (χ0) is 18.4. The fourth-order valence-corrected chi connectivity index (χ4v) is 5.23. The Balaban J connectivity index is 1.94. The smallest absolute Gasteiger partial charge is 0.224 e. The maximum atomic E-state index is 12.5. The number of rotatable bonds is 4. The molecule has 1 aliphatic carbocycles. The van der Waals surface area contributed by atoms with Crippen molar-refractivity contribution in [1.29, 1.82) is 0 Å². The number of carbonyl (C=O) groups excluding carboxylic acids is 1. The number of benzene rings is 1. The van der Waals surface area contributed by atoms with Crippen molar-refractivity contribution in [2.45, 2.75) is 56.4 Å². The second-order valence-corrected chi connectivity index (χ2v) is 10.8. The summed E-state index contributed by atoms with van der Waals surface area (Å²) in [7, 11) is 0. The van der Waals surface area contributed by atoms with E-state index in [1.165, 1.54) is 28.9 Å². The normalized spacial score (nSPS) is 19.1. The highest BCUT2D eigenvalue weighted by molar-refractivity contribution is 14.1. The largest absolute Gasteiger partial charge is 0.470 e. The van der Waals surface area contributed by atoms with Gasteiger partial charge in [-0.2, -0.15) is 0 Å². The molecular formula is C20H22BrIO2S. The van der Waals surface area contributed by atoms with Crippen LogP contribution in [0.25, 0.3) is 0 Å². The highest BCUT2D eigenvalue weighted by Crippen LogP contribution is 2.48. The molecule has 0 spiro atoms. The predicted octanol–water partition coefficient (Wildman–Crippen LogP) is 6.68. The van der Waals surface area contributed by atoms with Gasteiger partial charge in [0.15, 0.2) is 0 Å². The first-order valence-corrected chi connectivity index (χ1v) is 11.2. The zero-order valence-corrected chi connectivity index (χ0v) is 19.4. The number of fused-ring (bicyclic) bond motifs is 1. The lowest BCUT2D eigenvalue weighted by molar-refractivity contribution is 0.0900. The van der Waals surface area contributed by atoms with Gasteiger partial charge in [0.2, 0.25) is 10.8 Å². The van der Waals surface area contributed by atoms with Gasteiger partial charge in [0.25, 0.3) is 0 Å². The van der Waals surface area contributed by atoms with E-state index in [0.717, 1.165) is 15.7 Å². The van der Waals surface area contributed by atoms with Crippen LogP contribution in [0.5, 0.6) is 5.75 Å². The molecule has 5 heteroatoms. The van der Waals surface area contributed by atoms with Crippen LogP contribution < -0.4 is 4.74 Å². The molecule has 0 aliphatic heterocycles. The Bertz CT molecular complexity index is 796. The molecule has 0 N–H and O–H groups in total. The summed E-state index contributed by atoms with van der Waals surface area (Å²) in [6.07, 6.45) is 2.33. The van der Waals surface area contributed by atoms with Gasteiger partial charge in [0.1, 0.15) is 5.75 Å². The highest BCUT2D eigenvalue weighted by Gasteiger charge is 2.38. The van der Waals surface area contributed by atoms with E-state index < -0.39 is 5.01 Å². The van der Waals surface area contributed by atoms with Crippen molar-refractivity contribution in [1.82, 2.24) is 0 Å². The predicted molar refractivity (Wildman–Crippen MR) is 116 cm³/mol. The molecule has 0 saturated heterocycles. The van der Waals surface area contributed by atoms with Crippen molar-refractivity contribution in [3.63, 3.8) is 0 Å². The molecule has 1 heterocycles. The van der Waals surface area contributed by atoms with Gasteiger partial charge in [0.05, 0.1) is 8.45 Å². The average molecular weight is 533 g/mol. The molecule has 134 valence electrons. The van der Waals surface area contributed by atoms with Gasteiger partial charge >= 0.3 is 0 Å². The molecule has 0 amide bonds. The number of halogens is 2. The number of carbonyl (C=O) groups is 1. The number of alkyl halides is 1. The number of hydrogen-bond acceptors (Lipinski definition) is 3. The number of Topliss-reactive ketones (excluding diaryl/α,β-unsaturated/α-hetero) is 1. The lowest BCUT2D eigenvalue weighted by Crippen LogP contribution is -2.34. The van der Waals surface area contributed by atoms with Gasteiger partial charge in [0, 0.05) is 0 Å². The molecule has 1 unspecified atom stereocenters. The van der Waals surface area contributed by atoms with Crippen molar-refractivity contribution in [2.24, 2.45) is 0 Å². The lowest BCUT2D eigenvalue weighted by Gasteiger charge is -2.42. The quantitative estimate of drug-likeness (QED) is 0.249. The zero-order valence-electron chi connectivity index (χ0n) is 14.9. The third-order valence-corrected chi connectivity index (χ3v) is 7.44. The van der Waals surface area contributed by atoms with Crippen LogP contribution in [0.4, 0.5) is 0 Å². The number of ether oxygens (including phenoxy) is 1. The van der Waals surface area contributed by atoms with Gasteiger partial charge in [-0.25, -0.2) is 0 Å². The summed E-state index contributed by atoms with van der Waals surface area (Å²) >= 11 is 7.16. The first-order valence-electron chi connectivity index (χ1n) is 8.35. The number of hydrogen-bond donors (Lipinski definition) is 0. The van der Waals surface area contributed by atoms with Crippen molar-refractivity contribution in [2.75, 3.05) is 0 Å². The van der Waals surface area contributed by atoms with E-state index >= 15 is 0 Å². The van der Waals surface area contributed by atoms with E-state index in [-0.39, 0.29) is 16.6 Å². The SMILES string of the molecule is CC1(C)CCC(C)(C)c2cc(OC(Br)C(=O)c3cccs3)c(I)cc21. The molecule has 1 aromatic heterocycles. The first kappa shape index (κ1) is 19.4. The molecule has 2 aromatic rings. The fraction of sp³-hybridized carbons (Fsp3) is 0.450. The lowest BCUT2D eigenvalue weighted by atomic mass is 9.63. The Labute approximate surface area is 175 Å². The van der Waals surface area contributed by atoms with E-state index in [2.05, 4.69) is 78.3 Å². The number of ketones is 1. The minimum atomic E-state index is -0.669. The molecule has 1 atom stereocenters. The maximum absolute atomic E-state index is 12.5. The molecule has 0 fully saturated rings. The topological polar surface area (TPSA) is 26.3 Å². The van der Waals surface area contributed by atoms with Gasteiger partial charge in [-0.3, -0.25) is 4.79 Å². The van der Waals surface area contributed by atoms with Crippen LogP contribution in [0, 0.1) is 3.57 Å². The summed E-state index contributed by atoms with van der Waals surface area (Å²) < 4.78 is 7.07. The van der Waals surface area contributed by atoms with Gasteiger partial charge < -0.3 is 4.74 Å². The molecular weight excluding hydrogens is 511 g/mol. The second-order valence-electron chi connectivity index (χ2n) is 7.87. The Hall–Kier alpha value is -0.400. The fourth-order valence-electron chi connectivity index (χ4n) is 3.35. The van der Waals surface area contributed by atoms with E-state index in [9.17, 15) is 4.79 Å². The molecule has 2 nitrogen and oxygen atoms in total. The van der Waals surface area contributed by atoms with E-state index in [0.29, 0.717) is 4.88 Å². The summed E-state index contributed by atoms with van der Waals surface area (Å²) in [5, 5.41) is 1.23. The van der Waals surface area contributed by atoms with Gasteiger partial charge in [-0.15, -0.1) is 11.3 Å². The summed E-state index contributed by atoms with van der Waals surface area (Å²) in [4.78, 5) is 13.2. The van der Waals surface area contributed by atoms with E-state index in [4.69, 9.17) is 4.74 Å². The Morgan fingerprint density at radius 3 is 2.36 bits per heavy atom. The average Bonchev–Trinajstić information content (AvgIpc) is 3.07. The van der Waals surface area contributed by atoms with Crippen molar-refractivity contribution >= 4 is 55.6 Å². The molecule has 0 radical (unpaired) electrons. The molecule has 0 bridgehead atoms. The van der Waals surface area contributed by atoms with Crippen LogP contribution in [0.2, 0.25) is 0 Å². The third kappa shape index (κ3) is 3.83. The van der Waals surface area contributed by atoms with Crippen molar-refractivity contribution < 1.29 is 9.53 Å². The summed E-state index contributed by atoms with van der Waals surface area (Å²) in [5.41, 5.74) is 3.02. The van der Waals surface area contributed by atoms with Crippen molar-refractivity contribution in [3.05, 3.63) is 49.2 Å². The third-order valence-electron chi connectivity index (χ3n) is 5.11. The van der Waals surface area contributed by atoms with Crippen LogP contribution >= 0.6 is 49.9 Å². The number of thiophene rings is 1. The first-order chi connectivity index (χ1) is 11.6. The molecule has 0 saturated carbocycles. The van der Waals surface area contributed by atoms with Crippen molar-refractivity contribution in [3.8, 4) is 5.75 Å². The molecule has 25 heavy (non-hydrogen) atoms. The molecule has 1 aliphatic rings. The summed E-state index contributed by atoms with van der Waals surface area (Å²) in [6.45, 7) is 9.21. The second kappa shape index (κ2) is 6.97. The maximum Gasteiger partial charge on any atom is 0.224 e. The van der Waals surface area contributed by atoms with Crippen LogP contribution in [0.3, 0.4) is 0 Å². The molecule has 3 rings (SSSR count). The standard InChI is InChI=1S/C20H22BrIO2S/c1-19(2)7-8-20(3,4)13-11-15(14(22)10-12(13)19)24-18(21)17(23)16-6-5-9-25-16/h5-6,9-11,18H,7-8H2,1-4H3. The van der Waals surface area contributed by atoms with E-state index in [1.54, 1.807) is 0 Å². The van der Waals surface area contributed by atoms with Crippen LogP contribution in [-0.4, -0.2) is 10.8 Å². The van der Waals surface area contributed by atoms with Crippen LogP contribution in [0.1, 0.15) is 61.3 Å². The minimum absolute atomic E-state index is 0.0388. The van der Waals surface area contributed by atoms with Crippen LogP contribution in [-0.2, 0) is 10.8 Å². The summed E-state index contributed by atoms with van der Waals surface area (Å²) in [6, 6.07) is 8.09. The molecule has 1 aromatic carbocycles. The van der Waals surface area contributed by atoms with Gasteiger partial charge in [-0.1, -0.05) is 33.8 Å². The summed E-state index contributed by atoms with van der Waals surface area (Å²) in [5.74, 6) is 0.736. The monoisotopic (exact) mass is 532 g/mol. The van der Waals surface area contributed by atoms with Crippen LogP contribution in [0.15, 0.2) is 29.6 Å². The minimum Gasteiger partial charge on any atom is -0.470 e. The Morgan fingerprint density at radius 2 is 1.80 bits per heavy atom. The van der Waals surface area contributed by atoms with Gasteiger partial charge in [-0.05, 0) is 96.9 Å². The Kier molecular flexibility index (Phi) is 5.40.